The standard InChI is InChI=1S/C15H16O2S/c1-11(16)17-15(18-12-5-3-2-4-6-12)13(7-8-13)14(15)9-10-14/h2-6H,7-10H2,1H3. The first-order valence-electron chi connectivity index (χ1n) is 6.60. The number of benzene rings is 1. The van der Waals surface area contributed by atoms with Crippen molar-refractivity contribution in [3.8, 4) is 0 Å². The van der Waals surface area contributed by atoms with E-state index in [1.54, 1.807) is 11.8 Å². The number of ether oxygens (including phenoxy) is 1. The molecule has 3 aliphatic rings. The fourth-order valence-corrected chi connectivity index (χ4v) is 5.82. The Morgan fingerprint density at radius 1 is 1.11 bits per heavy atom. The fourth-order valence-electron chi connectivity index (χ4n) is 3.90. The molecule has 18 heavy (non-hydrogen) atoms. The first-order chi connectivity index (χ1) is 8.66. The lowest BCUT2D eigenvalue weighted by Crippen LogP contribution is -2.19. The maximum atomic E-state index is 11.5. The Hall–Kier alpha value is -0.960. The second-order valence-electron chi connectivity index (χ2n) is 5.79. The maximum Gasteiger partial charge on any atom is 0.304 e. The molecule has 0 heterocycles. The zero-order valence-electron chi connectivity index (χ0n) is 10.4. The minimum absolute atomic E-state index is 0.131. The molecule has 0 N–H and O–H groups in total. The van der Waals surface area contributed by atoms with Crippen LogP contribution in [0.4, 0.5) is 0 Å². The van der Waals surface area contributed by atoms with Crippen molar-refractivity contribution in [1.29, 1.82) is 0 Å². The van der Waals surface area contributed by atoms with E-state index in [4.69, 9.17) is 4.74 Å². The van der Waals surface area contributed by atoms with E-state index in [0.29, 0.717) is 10.8 Å². The lowest BCUT2D eigenvalue weighted by Gasteiger charge is -2.18. The van der Waals surface area contributed by atoms with Crippen molar-refractivity contribution in [1.82, 2.24) is 0 Å². The molecule has 3 fully saturated rings. The van der Waals surface area contributed by atoms with E-state index in [9.17, 15) is 4.79 Å². The van der Waals surface area contributed by atoms with Crippen molar-refractivity contribution in [2.24, 2.45) is 10.8 Å². The monoisotopic (exact) mass is 260 g/mol. The van der Waals surface area contributed by atoms with Crippen molar-refractivity contribution in [3.63, 3.8) is 0 Å². The summed E-state index contributed by atoms with van der Waals surface area (Å²) in [6, 6.07) is 10.3. The molecule has 0 saturated heterocycles. The average Bonchev–Trinajstić information content (AvgIpc) is 3.22. The van der Waals surface area contributed by atoms with Crippen LogP contribution in [0.2, 0.25) is 0 Å². The molecule has 0 aromatic heterocycles. The van der Waals surface area contributed by atoms with Crippen LogP contribution in [0, 0.1) is 10.8 Å². The molecule has 1 aromatic rings. The van der Waals surface area contributed by atoms with Crippen LogP contribution >= 0.6 is 11.8 Å². The van der Waals surface area contributed by atoms with Gasteiger partial charge in [0.25, 0.3) is 0 Å². The highest BCUT2D eigenvalue weighted by Gasteiger charge is 2.98. The number of hydrogen-bond acceptors (Lipinski definition) is 3. The van der Waals surface area contributed by atoms with Crippen LogP contribution < -0.4 is 0 Å². The highest BCUT2D eigenvalue weighted by molar-refractivity contribution is 8.01. The van der Waals surface area contributed by atoms with Gasteiger partial charge in [-0.15, -0.1) is 0 Å². The third-order valence-corrected chi connectivity index (χ3v) is 6.57. The second kappa shape index (κ2) is 3.13. The van der Waals surface area contributed by atoms with Gasteiger partial charge in [-0.3, -0.25) is 4.79 Å². The summed E-state index contributed by atoms with van der Waals surface area (Å²) < 4.78 is 5.83. The molecular formula is C15H16O2S. The van der Waals surface area contributed by atoms with Crippen LogP contribution in [0.5, 0.6) is 0 Å². The van der Waals surface area contributed by atoms with E-state index in [-0.39, 0.29) is 10.9 Å². The summed E-state index contributed by atoms with van der Waals surface area (Å²) in [7, 11) is 0. The Labute approximate surface area is 111 Å². The third-order valence-electron chi connectivity index (χ3n) is 4.91. The molecular weight excluding hydrogens is 244 g/mol. The van der Waals surface area contributed by atoms with Gasteiger partial charge in [0, 0.05) is 22.6 Å². The molecule has 0 aliphatic heterocycles. The Kier molecular flexibility index (Phi) is 1.90. The van der Waals surface area contributed by atoms with Gasteiger partial charge < -0.3 is 4.74 Å². The summed E-state index contributed by atoms with van der Waals surface area (Å²) in [6.45, 7) is 1.54. The van der Waals surface area contributed by atoms with Crippen molar-refractivity contribution in [2.45, 2.75) is 42.4 Å². The molecule has 0 unspecified atom stereocenters. The molecule has 2 nitrogen and oxygen atoms in total. The van der Waals surface area contributed by atoms with Gasteiger partial charge in [-0.1, -0.05) is 30.0 Å². The van der Waals surface area contributed by atoms with Crippen molar-refractivity contribution < 1.29 is 9.53 Å². The molecule has 0 atom stereocenters. The Bertz CT molecular complexity index is 497. The minimum Gasteiger partial charge on any atom is -0.447 e. The first-order valence-corrected chi connectivity index (χ1v) is 7.41. The number of rotatable bonds is 3. The van der Waals surface area contributed by atoms with E-state index >= 15 is 0 Å². The second-order valence-corrected chi connectivity index (χ2v) is 7.04. The third kappa shape index (κ3) is 1.09. The summed E-state index contributed by atoms with van der Waals surface area (Å²) in [5.74, 6) is -0.131. The molecule has 1 aromatic carbocycles. The summed E-state index contributed by atoms with van der Waals surface area (Å²) in [5.41, 5.74) is 0.651. The van der Waals surface area contributed by atoms with E-state index in [2.05, 4.69) is 12.1 Å². The van der Waals surface area contributed by atoms with Crippen molar-refractivity contribution >= 4 is 17.7 Å². The number of thioether (sulfide) groups is 1. The lowest BCUT2D eigenvalue weighted by atomic mass is 10.3. The normalized spacial score (nSPS) is 26.9. The first kappa shape index (κ1) is 10.9. The predicted molar refractivity (Wildman–Crippen MR) is 70.1 cm³/mol. The zero-order valence-corrected chi connectivity index (χ0v) is 11.3. The molecule has 4 rings (SSSR count). The number of esters is 1. The average molecular weight is 260 g/mol. The van der Waals surface area contributed by atoms with Crippen molar-refractivity contribution in [3.05, 3.63) is 30.3 Å². The number of hydrogen-bond donors (Lipinski definition) is 0. The van der Waals surface area contributed by atoms with Gasteiger partial charge in [-0.25, -0.2) is 0 Å². The molecule has 3 saturated carbocycles. The van der Waals surface area contributed by atoms with Crippen LogP contribution in [0.25, 0.3) is 0 Å². The van der Waals surface area contributed by atoms with E-state index in [1.807, 2.05) is 18.2 Å². The Balaban J connectivity index is 1.68. The number of fused-ring (bicyclic) bond motifs is 1. The maximum absolute atomic E-state index is 11.5. The summed E-state index contributed by atoms with van der Waals surface area (Å²) in [4.78, 5) is 12.5. The van der Waals surface area contributed by atoms with Gasteiger partial charge in [0.1, 0.15) is 0 Å². The highest BCUT2D eigenvalue weighted by atomic mass is 32.2. The fraction of sp³-hybridized carbons (Fsp3) is 0.533. The van der Waals surface area contributed by atoms with Gasteiger partial charge in [0.15, 0.2) is 4.93 Å². The molecule has 94 valence electrons. The molecule has 3 heteroatoms. The number of carbonyl (C=O) groups is 1. The SMILES string of the molecule is CC(=O)OC1(Sc2ccccc2)C2(CC2)C12CC2. The van der Waals surface area contributed by atoms with E-state index in [0.717, 1.165) is 0 Å². The minimum atomic E-state index is -0.243. The lowest BCUT2D eigenvalue weighted by molar-refractivity contribution is -0.145. The Morgan fingerprint density at radius 3 is 2.11 bits per heavy atom. The summed E-state index contributed by atoms with van der Waals surface area (Å²) in [5, 5.41) is 0. The van der Waals surface area contributed by atoms with Gasteiger partial charge in [0.05, 0.1) is 0 Å². The van der Waals surface area contributed by atoms with Crippen LogP contribution in [0.1, 0.15) is 32.6 Å². The van der Waals surface area contributed by atoms with Crippen LogP contribution in [-0.4, -0.2) is 10.9 Å². The highest BCUT2D eigenvalue weighted by Crippen LogP contribution is 2.98. The summed E-state index contributed by atoms with van der Waals surface area (Å²) >= 11 is 1.78. The van der Waals surface area contributed by atoms with E-state index in [1.165, 1.54) is 37.5 Å². The summed E-state index contributed by atoms with van der Waals surface area (Å²) in [6.07, 6.45) is 4.94. The van der Waals surface area contributed by atoms with E-state index < -0.39 is 0 Å². The van der Waals surface area contributed by atoms with Gasteiger partial charge in [-0.2, -0.15) is 0 Å². The Morgan fingerprint density at radius 2 is 1.67 bits per heavy atom. The van der Waals surface area contributed by atoms with Gasteiger partial charge >= 0.3 is 5.97 Å². The van der Waals surface area contributed by atoms with Gasteiger partial charge in [0.2, 0.25) is 0 Å². The largest absolute Gasteiger partial charge is 0.447 e. The van der Waals surface area contributed by atoms with Crippen LogP contribution in [0.15, 0.2) is 35.2 Å². The number of carbonyl (C=O) groups excluding carboxylic acids is 1. The molecule has 3 aliphatic carbocycles. The smallest absolute Gasteiger partial charge is 0.304 e. The topological polar surface area (TPSA) is 26.3 Å². The molecule has 0 amide bonds. The van der Waals surface area contributed by atoms with Gasteiger partial charge in [-0.05, 0) is 37.8 Å². The molecule has 0 radical (unpaired) electrons. The van der Waals surface area contributed by atoms with Crippen LogP contribution in [0.3, 0.4) is 0 Å². The van der Waals surface area contributed by atoms with Crippen LogP contribution in [-0.2, 0) is 9.53 Å². The quantitative estimate of drug-likeness (QED) is 0.613. The predicted octanol–water partition coefficient (Wildman–Crippen LogP) is 3.61. The zero-order chi connectivity index (χ0) is 12.4. The molecule has 0 bridgehead atoms. The van der Waals surface area contributed by atoms with Crippen molar-refractivity contribution in [2.75, 3.05) is 0 Å². The molecule has 2 spiro atoms.